The topological polar surface area (TPSA) is 34.5 Å². The molecule has 0 amide bonds. The van der Waals surface area contributed by atoms with E-state index < -0.39 is 0 Å². The average Bonchev–Trinajstić information content (AvgIpc) is 3.84. The molecule has 50 heavy (non-hydrogen) atoms. The van der Waals surface area contributed by atoms with Crippen molar-refractivity contribution in [1.82, 2.24) is 4.57 Å². The molecular weight excluding hydrogens is 613 g/mol. The van der Waals surface area contributed by atoms with Gasteiger partial charge in [-0.25, -0.2) is 0 Å². The maximum absolute atomic E-state index is 6.52. The van der Waals surface area contributed by atoms with E-state index in [4.69, 9.17) is 8.83 Å². The van der Waals surface area contributed by atoms with Gasteiger partial charge in [-0.3, -0.25) is 0 Å². The second kappa shape index (κ2) is 10.4. The van der Waals surface area contributed by atoms with Crippen LogP contribution in [0, 0.1) is 0 Å². The quantitative estimate of drug-likeness (QED) is 0.192. The summed E-state index contributed by atoms with van der Waals surface area (Å²) in [5.74, 6) is 0. The minimum atomic E-state index is 0.855. The molecule has 11 rings (SSSR count). The highest BCUT2D eigenvalue weighted by Gasteiger charge is 2.20. The van der Waals surface area contributed by atoms with Gasteiger partial charge in [-0.05, 0) is 78.2 Å². The highest BCUT2D eigenvalue weighted by Crippen LogP contribution is 2.43. The van der Waals surface area contributed by atoms with Gasteiger partial charge in [-0.15, -0.1) is 0 Å². The summed E-state index contributed by atoms with van der Waals surface area (Å²) >= 11 is 0. The smallest absolute Gasteiger partial charge is 0.143 e. The van der Waals surface area contributed by atoms with Gasteiger partial charge >= 0.3 is 0 Å². The largest absolute Gasteiger partial charge is 0.456 e. The molecule has 234 valence electrons. The number of rotatable bonds is 4. The highest BCUT2D eigenvalue weighted by molar-refractivity contribution is 6.16. The minimum Gasteiger partial charge on any atom is -0.456 e. The third-order valence-corrected chi connectivity index (χ3v) is 10.2. The fraction of sp³-hybridized carbons (Fsp3) is 0. The third-order valence-electron chi connectivity index (χ3n) is 10.2. The molecule has 4 nitrogen and oxygen atoms in total. The summed E-state index contributed by atoms with van der Waals surface area (Å²) in [6, 6.07) is 60.2. The van der Waals surface area contributed by atoms with Crippen LogP contribution in [0.4, 0.5) is 17.1 Å². The van der Waals surface area contributed by atoms with Crippen molar-refractivity contribution in [2.24, 2.45) is 0 Å². The predicted molar refractivity (Wildman–Crippen MR) is 208 cm³/mol. The van der Waals surface area contributed by atoms with Crippen molar-refractivity contribution in [3.05, 3.63) is 170 Å². The molecule has 3 aromatic heterocycles. The van der Waals surface area contributed by atoms with E-state index in [1.54, 1.807) is 0 Å². The Bertz CT molecular complexity index is 3110. The van der Waals surface area contributed by atoms with E-state index in [1.165, 1.54) is 16.3 Å². The molecule has 0 N–H and O–H groups in total. The molecule has 3 heterocycles. The Morgan fingerprint density at radius 2 is 0.920 bits per heavy atom. The van der Waals surface area contributed by atoms with Crippen molar-refractivity contribution in [3.8, 4) is 5.69 Å². The van der Waals surface area contributed by atoms with Crippen LogP contribution >= 0.6 is 0 Å². The standard InChI is InChI=1S/C46H28N2O2/c1-2-10-30(11-3-1)48-41-15-7-4-12-34(41)35-24-21-32(27-42(35)48)47(33-22-25-38-36-13-5-8-16-43(36)49-45(38)28-33)31-20-18-29-19-23-39-37-14-6-9-17-44(37)50-46(39)40(29)26-31/h1-28H. The predicted octanol–water partition coefficient (Wildman–Crippen LogP) is 13.2. The van der Waals surface area contributed by atoms with E-state index in [1.807, 2.05) is 24.3 Å². The SMILES string of the molecule is c1ccc(-n2c3ccccc3c3ccc(N(c4ccc5c(c4)oc4ccccc45)c4ccc5ccc6c7ccccc7oc6c5c4)cc32)cc1. The summed E-state index contributed by atoms with van der Waals surface area (Å²) in [6.07, 6.45) is 0. The Kier molecular flexibility index (Phi) is 5.63. The van der Waals surface area contributed by atoms with Gasteiger partial charge in [0.2, 0.25) is 0 Å². The molecule has 0 aliphatic carbocycles. The van der Waals surface area contributed by atoms with Crippen LogP contribution < -0.4 is 4.90 Å². The number of aromatic nitrogens is 1. The van der Waals surface area contributed by atoms with Gasteiger partial charge in [-0.2, -0.15) is 0 Å². The first-order chi connectivity index (χ1) is 24.8. The lowest BCUT2D eigenvalue weighted by atomic mass is 10.0. The van der Waals surface area contributed by atoms with Gasteiger partial charge in [0, 0.05) is 66.5 Å². The monoisotopic (exact) mass is 640 g/mol. The van der Waals surface area contributed by atoms with Crippen LogP contribution in [0.25, 0.3) is 82.1 Å². The van der Waals surface area contributed by atoms with Gasteiger partial charge in [0.15, 0.2) is 0 Å². The number of furan rings is 2. The maximum atomic E-state index is 6.52. The lowest BCUT2D eigenvalue weighted by molar-refractivity contribution is 0.669. The molecular formula is C46H28N2O2. The molecule has 0 unspecified atom stereocenters. The van der Waals surface area contributed by atoms with Crippen LogP contribution in [-0.2, 0) is 0 Å². The lowest BCUT2D eigenvalue weighted by Crippen LogP contribution is -2.10. The number of anilines is 3. The minimum absolute atomic E-state index is 0.855. The average molecular weight is 641 g/mol. The number of fused-ring (bicyclic) bond motifs is 11. The first-order valence-electron chi connectivity index (χ1n) is 16.9. The van der Waals surface area contributed by atoms with E-state index in [-0.39, 0.29) is 0 Å². The Morgan fingerprint density at radius 1 is 0.360 bits per heavy atom. The van der Waals surface area contributed by atoms with Crippen molar-refractivity contribution in [2.45, 2.75) is 0 Å². The van der Waals surface area contributed by atoms with Crippen molar-refractivity contribution in [2.75, 3.05) is 4.90 Å². The Balaban J connectivity index is 1.19. The number of hydrogen-bond donors (Lipinski definition) is 0. The fourth-order valence-electron chi connectivity index (χ4n) is 7.88. The van der Waals surface area contributed by atoms with E-state index in [9.17, 15) is 0 Å². The summed E-state index contributed by atoms with van der Waals surface area (Å²) in [7, 11) is 0. The summed E-state index contributed by atoms with van der Waals surface area (Å²) < 4.78 is 15.3. The van der Waals surface area contributed by atoms with Crippen molar-refractivity contribution in [3.63, 3.8) is 0 Å². The molecule has 0 fully saturated rings. The van der Waals surface area contributed by atoms with E-state index in [0.717, 1.165) is 82.9 Å². The second-order valence-electron chi connectivity index (χ2n) is 12.9. The summed E-state index contributed by atoms with van der Waals surface area (Å²) in [6.45, 7) is 0. The Morgan fingerprint density at radius 3 is 1.76 bits per heavy atom. The van der Waals surface area contributed by atoms with Gasteiger partial charge in [0.25, 0.3) is 0 Å². The normalized spacial score (nSPS) is 12.0. The Hall–Kier alpha value is -6.78. The van der Waals surface area contributed by atoms with E-state index >= 15 is 0 Å². The molecule has 11 aromatic rings. The molecule has 0 aliphatic heterocycles. The zero-order chi connectivity index (χ0) is 32.8. The van der Waals surface area contributed by atoms with Crippen molar-refractivity contribution >= 4 is 93.5 Å². The lowest BCUT2D eigenvalue weighted by Gasteiger charge is -2.26. The van der Waals surface area contributed by atoms with Gasteiger partial charge < -0.3 is 18.3 Å². The maximum Gasteiger partial charge on any atom is 0.143 e. The first kappa shape index (κ1) is 27.2. The molecule has 8 aromatic carbocycles. The molecule has 0 atom stereocenters. The first-order valence-corrected chi connectivity index (χ1v) is 16.9. The molecule has 0 aliphatic rings. The van der Waals surface area contributed by atoms with Crippen LogP contribution in [0.1, 0.15) is 0 Å². The number of benzene rings is 8. The molecule has 0 saturated carbocycles. The van der Waals surface area contributed by atoms with Gasteiger partial charge in [0.05, 0.1) is 11.0 Å². The molecule has 0 saturated heterocycles. The van der Waals surface area contributed by atoms with Gasteiger partial charge in [-0.1, -0.05) is 91.0 Å². The van der Waals surface area contributed by atoms with E-state index in [0.29, 0.717) is 0 Å². The van der Waals surface area contributed by atoms with Crippen LogP contribution in [0.2, 0.25) is 0 Å². The second-order valence-corrected chi connectivity index (χ2v) is 12.9. The van der Waals surface area contributed by atoms with Crippen LogP contribution in [0.15, 0.2) is 179 Å². The number of hydrogen-bond acceptors (Lipinski definition) is 3. The summed E-state index contributed by atoms with van der Waals surface area (Å²) in [4.78, 5) is 2.33. The number of nitrogens with zero attached hydrogens (tertiary/aromatic N) is 2. The van der Waals surface area contributed by atoms with Crippen LogP contribution in [-0.4, -0.2) is 4.57 Å². The molecule has 0 radical (unpaired) electrons. The fourth-order valence-corrected chi connectivity index (χ4v) is 7.88. The highest BCUT2D eigenvalue weighted by atomic mass is 16.3. The molecule has 4 heteroatoms. The summed E-state index contributed by atoms with van der Waals surface area (Å²) in [5, 5.41) is 9.11. The number of para-hydroxylation sites is 4. The zero-order valence-electron chi connectivity index (χ0n) is 26.9. The van der Waals surface area contributed by atoms with Gasteiger partial charge in [0.1, 0.15) is 22.3 Å². The zero-order valence-corrected chi connectivity index (χ0v) is 26.9. The van der Waals surface area contributed by atoms with Crippen LogP contribution in [0.3, 0.4) is 0 Å². The third kappa shape index (κ3) is 3.93. The molecule has 0 spiro atoms. The molecule has 0 bridgehead atoms. The van der Waals surface area contributed by atoms with Crippen molar-refractivity contribution < 1.29 is 8.83 Å². The summed E-state index contributed by atoms with van der Waals surface area (Å²) in [5.41, 5.74) is 10.1. The van der Waals surface area contributed by atoms with Crippen molar-refractivity contribution in [1.29, 1.82) is 0 Å². The van der Waals surface area contributed by atoms with E-state index in [2.05, 4.69) is 155 Å². The van der Waals surface area contributed by atoms with Crippen LogP contribution in [0.5, 0.6) is 0 Å². The Labute approximate surface area is 286 Å².